The molecule has 2 aliphatic rings. The molecule has 0 spiro atoms. The molecule has 2 fully saturated rings. The topological polar surface area (TPSA) is 58.6 Å². The minimum Gasteiger partial charge on any atom is -0.379 e. The lowest BCUT2D eigenvalue weighted by Gasteiger charge is -2.34. The lowest BCUT2D eigenvalue weighted by atomic mass is 9.99. The van der Waals surface area contributed by atoms with Gasteiger partial charge in [-0.05, 0) is 23.9 Å². The monoisotopic (exact) mass is 324 g/mol. The minimum atomic E-state index is 0.112. The summed E-state index contributed by atoms with van der Waals surface area (Å²) in [6.45, 7) is 9.47. The Hall–Kier alpha value is -1.05. The molecule has 2 saturated heterocycles. The van der Waals surface area contributed by atoms with Gasteiger partial charge in [-0.25, -0.2) is 0 Å². The van der Waals surface area contributed by atoms with Crippen LogP contribution in [0.15, 0.2) is 0 Å². The van der Waals surface area contributed by atoms with Crippen molar-refractivity contribution in [3.05, 3.63) is 10.6 Å². The van der Waals surface area contributed by atoms with E-state index in [2.05, 4.69) is 21.4 Å². The predicted octanol–water partition coefficient (Wildman–Crippen LogP) is 1.28. The Labute approximate surface area is 135 Å². The normalized spacial score (nSPS) is 26.5. The number of aryl methyl sites for hydroxylation is 1. The van der Waals surface area contributed by atoms with E-state index in [-0.39, 0.29) is 5.91 Å². The number of hydrogen-bond acceptors (Lipinski definition) is 6. The van der Waals surface area contributed by atoms with E-state index in [0.717, 1.165) is 62.8 Å². The summed E-state index contributed by atoms with van der Waals surface area (Å²) in [5.74, 6) is 0.661. The fourth-order valence-electron chi connectivity index (χ4n) is 3.49. The van der Waals surface area contributed by atoms with Crippen LogP contribution in [0.3, 0.4) is 0 Å². The van der Waals surface area contributed by atoms with Crippen LogP contribution < -0.4 is 0 Å². The van der Waals surface area contributed by atoms with Gasteiger partial charge in [-0.2, -0.15) is 0 Å². The highest BCUT2D eigenvalue weighted by atomic mass is 32.1. The van der Waals surface area contributed by atoms with Crippen LogP contribution in [0, 0.1) is 5.92 Å². The average Bonchev–Trinajstić information content (AvgIpc) is 3.21. The number of aromatic nitrogens is 2. The predicted molar refractivity (Wildman–Crippen MR) is 85.2 cm³/mol. The molecule has 22 heavy (non-hydrogen) atoms. The number of carbonyl (C=O) groups is 1. The molecule has 0 bridgehead atoms. The summed E-state index contributed by atoms with van der Waals surface area (Å²) in [5, 5.41) is 4.07. The molecule has 3 heterocycles. The van der Waals surface area contributed by atoms with Crippen molar-refractivity contribution in [2.75, 3.05) is 39.4 Å². The third-order valence-corrected chi connectivity index (χ3v) is 5.57. The number of morpholine rings is 1. The zero-order valence-electron chi connectivity index (χ0n) is 13.3. The van der Waals surface area contributed by atoms with Gasteiger partial charge in [0.05, 0.1) is 18.9 Å². The van der Waals surface area contributed by atoms with Crippen LogP contribution in [0.4, 0.5) is 0 Å². The second-order valence-electron chi connectivity index (χ2n) is 6.00. The Morgan fingerprint density at radius 3 is 2.77 bits per heavy atom. The summed E-state index contributed by atoms with van der Waals surface area (Å²) in [7, 11) is 0. The van der Waals surface area contributed by atoms with E-state index in [1.165, 1.54) is 11.5 Å². The molecule has 0 radical (unpaired) electrons. The molecular formula is C15H24N4O2S. The van der Waals surface area contributed by atoms with Crippen molar-refractivity contribution in [1.82, 2.24) is 19.4 Å². The summed E-state index contributed by atoms with van der Waals surface area (Å²) in [6, 6.07) is 0.462. The molecule has 1 amide bonds. The third-order valence-electron chi connectivity index (χ3n) is 4.82. The first kappa shape index (κ1) is 15.8. The van der Waals surface area contributed by atoms with Crippen LogP contribution in [0.5, 0.6) is 0 Å². The van der Waals surface area contributed by atoms with Gasteiger partial charge in [-0.1, -0.05) is 24.8 Å². The molecule has 0 N–H and O–H groups in total. The third kappa shape index (κ3) is 3.02. The number of rotatable bonds is 4. The highest BCUT2D eigenvalue weighted by Crippen LogP contribution is 2.28. The zero-order valence-corrected chi connectivity index (χ0v) is 14.1. The maximum atomic E-state index is 12.8. The number of nitrogens with zero attached hydrogens (tertiary/aromatic N) is 4. The summed E-state index contributed by atoms with van der Waals surface area (Å²) in [5.41, 5.74) is 0.831. The minimum absolute atomic E-state index is 0.112. The molecule has 7 heteroatoms. The van der Waals surface area contributed by atoms with Crippen molar-refractivity contribution in [3.8, 4) is 0 Å². The van der Waals surface area contributed by atoms with Gasteiger partial charge in [0.1, 0.15) is 4.88 Å². The Morgan fingerprint density at radius 2 is 2.09 bits per heavy atom. The van der Waals surface area contributed by atoms with Gasteiger partial charge in [0.25, 0.3) is 5.91 Å². The highest BCUT2D eigenvalue weighted by molar-refractivity contribution is 7.08. The van der Waals surface area contributed by atoms with E-state index in [0.29, 0.717) is 12.0 Å². The van der Waals surface area contributed by atoms with Gasteiger partial charge in [-0.3, -0.25) is 9.69 Å². The first-order valence-corrected chi connectivity index (χ1v) is 8.94. The molecular weight excluding hydrogens is 300 g/mol. The number of hydrogen-bond donors (Lipinski definition) is 0. The van der Waals surface area contributed by atoms with Crippen molar-refractivity contribution in [1.29, 1.82) is 0 Å². The molecule has 2 atom stereocenters. The van der Waals surface area contributed by atoms with Crippen LogP contribution in [-0.2, 0) is 11.2 Å². The van der Waals surface area contributed by atoms with Crippen molar-refractivity contribution in [2.45, 2.75) is 32.7 Å². The molecule has 3 rings (SSSR count). The lowest BCUT2D eigenvalue weighted by Crippen LogP contribution is -2.47. The Kier molecular flexibility index (Phi) is 5.05. The molecule has 122 valence electrons. The van der Waals surface area contributed by atoms with Gasteiger partial charge < -0.3 is 9.64 Å². The first-order chi connectivity index (χ1) is 10.7. The second kappa shape index (κ2) is 7.02. The number of ether oxygens (including phenoxy) is 1. The second-order valence-corrected chi connectivity index (χ2v) is 6.75. The van der Waals surface area contributed by atoms with Crippen LogP contribution in [0.25, 0.3) is 0 Å². The van der Waals surface area contributed by atoms with Gasteiger partial charge in [-0.15, -0.1) is 5.10 Å². The number of amides is 1. The summed E-state index contributed by atoms with van der Waals surface area (Å²) < 4.78 is 9.41. The van der Waals surface area contributed by atoms with E-state index in [1.54, 1.807) is 0 Å². The largest absolute Gasteiger partial charge is 0.379 e. The smallest absolute Gasteiger partial charge is 0.267 e. The van der Waals surface area contributed by atoms with Gasteiger partial charge in [0, 0.05) is 32.2 Å². The number of carbonyl (C=O) groups excluding carboxylic acids is 1. The van der Waals surface area contributed by atoms with Crippen LogP contribution in [0.1, 0.15) is 35.6 Å². The molecule has 0 saturated carbocycles. The van der Waals surface area contributed by atoms with Gasteiger partial charge in [0.2, 0.25) is 0 Å². The molecule has 0 unspecified atom stereocenters. The van der Waals surface area contributed by atoms with E-state index in [1.807, 2.05) is 11.8 Å². The van der Waals surface area contributed by atoms with E-state index in [4.69, 9.17) is 4.74 Å². The standard InChI is InChI=1S/C15H24N4O2S/c1-3-11-9-19(10-13(11)18-5-7-21-8-6-18)15(20)14-12(4-2)16-17-22-14/h11,13H,3-10H2,1-2H3/t11-,13-/m0/s1. The Morgan fingerprint density at radius 1 is 1.32 bits per heavy atom. The number of likely N-dealkylation sites (tertiary alicyclic amines) is 1. The Bertz CT molecular complexity index is 515. The summed E-state index contributed by atoms with van der Waals surface area (Å²) >= 11 is 1.23. The fraction of sp³-hybridized carbons (Fsp3) is 0.800. The van der Waals surface area contributed by atoms with Crippen LogP contribution >= 0.6 is 11.5 Å². The quantitative estimate of drug-likeness (QED) is 0.835. The maximum Gasteiger partial charge on any atom is 0.267 e. The van der Waals surface area contributed by atoms with E-state index < -0.39 is 0 Å². The van der Waals surface area contributed by atoms with Crippen LogP contribution in [0.2, 0.25) is 0 Å². The maximum absolute atomic E-state index is 12.8. The summed E-state index contributed by atoms with van der Waals surface area (Å²) in [6.07, 6.45) is 1.86. The Balaban J connectivity index is 1.72. The van der Waals surface area contributed by atoms with E-state index >= 15 is 0 Å². The molecule has 6 nitrogen and oxygen atoms in total. The van der Waals surface area contributed by atoms with E-state index in [9.17, 15) is 4.79 Å². The summed E-state index contributed by atoms with van der Waals surface area (Å²) in [4.78, 5) is 18.0. The first-order valence-electron chi connectivity index (χ1n) is 8.16. The average molecular weight is 324 g/mol. The fourth-order valence-corrected chi connectivity index (χ4v) is 4.21. The zero-order chi connectivity index (χ0) is 15.5. The molecule has 0 aromatic carbocycles. The lowest BCUT2D eigenvalue weighted by molar-refractivity contribution is 0.0103. The van der Waals surface area contributed by atoms with Crippen molar-refractivity contribution < 1.29 is 9.53 Å². The molecule has 1 aromatic rings. The SMILES string of the molecule is CCc1nnsc1C(=O)N1C[C@H](CC)[C@@H](N2CCOCC2)C1. The van der Waals surface area contributed by atoms with Crippen molar-refractivity contribution >= 4 is 17.4 Å². The van der Waals surface area contributed by atoms with Crippen molar-refractivity contribution in [2.24, 2.45) is 5.92 Å². The van der Waals surface area contributed by atoms with Gasteiger partial charge >= 0.3 is 0 Å². The van der Waals surface area contributed by atoms with Gasteiger partial charge in [0.15, 0.2) is 0 Å². The molecule has 2 aliphatic heterocycles. The molecule has 0 aliphatic carbocycles. The highest BCUT2D eigenvalue weighted by Gasteiger charge is 2.39. The molecule has 1 aromatic heterocycles. The van der Waals surface area contributed by atoms with Crippen LogP contribution in [-0.4, -0.2) is 70.7 Å². The van der Waals surface area contributed by atoms with Crippen molar-refractivity contribution in [3.63, 3.8) is 0 Å².